The zero-order valence-corrected chi connectivity index (χ0v) is 10.2. The molecule has 5 heteroatoms. The lowest BCUT2D eigenvalue weighted by atomic mass is 10.2. The number of carbonyl (C=O) groups excluding carboxylic acids is 1. The van der Waals surface area contributed by atoms with Crippen molar-refractivity contribution in [3.05, 3.63) is 22.4 Å². The molecule has 1 fully saturated rings. The fraction of sp³-hybridized carbons (Fsp3) is 0.500. The van der Waals surface area contributed by atoms with Gasteiger partial charge in [-0.15, -0.1) is 0 Å². The minimum absolute atomic E-state index is 0.0784. The normalized spacial score (nSPS) is 21.7. The van der Waals surface area contributed by atoms with E-state index in [0.717, 1.165) is 24.1 Å². The van der Waals surface area contributed by atoms with Gasteiger partial charge in [-0.1, -0.05) is 0 Å². The second kappa shape index (κ2) is 4.37. The van der Waals surface area contributed by atoms with Crippen molar-refractivity contribution in [1.82, 2.24) is 15.2 Å². The van der Waals surface area contributed by atoms with Crippen LogP contribution in [0, 0.1) is 0 Å². The van der Waals surface area contributed by atoms with Crippen LogP contribution in [-0.2, 0) is 0 Å². The molecule has 0 aliphatic carbocycles. The van der Waals surface area contributed by atoms with Crippen molar-refractivity contribution < 1.29 is 4.79 Å². The number of nitrogens with one attached hydrogen (secondary N) is 2. The summed E-state index contributed by atoms with van der Waals surface area (Å²) in [6.45, 7) is 4.57. The predicted molar refractivity (Wildman–Crippen MR) is 61.9 cm³/mol. The van der Waals surface area contributed by atoms with E-state index in [2.05, 4.69) is 33.2 Å². The number of aromatic amines is 1. The highest BCUT2D eigenvalue weighted by molar-refractivity contribution is 9.10. The molecule has 1 aromatic heterocycles. The molecule has 1 atom stereocenters. The van der Waals surface area contributed by atoms with Crippen LogP contribution in [0.1, 0.15) is 17.4 Å². The van der Waals surface area contributed by atoms with Gasteiger partial charge in [-0.2, -0.15) is 0 Å². The van der Waals surface area contributed by atoms with E-state index < -0.39 is 0 Å². The first-order valence-electron chi connectivity index (χ1n) is 5.04. The molecule has 82 valence electrons. The van der Waals surface area contributed by atoms with Crippen molar-refractivity contribution in [2.24, 2.45) is 0 Å². The Morgan fingerprint density at radius 2 is 2.47 bits per heavy atom. The second-order valence-electron chi connectivity index (χ2n) is 3.78. The molecule has 1 aliphatic rings. The van der Waals surface area contributed by atoms with Gasteiger partial charge in [-0.3, -0.25) is 4.79 Å². The Balaban J connectivity index is 2.13. The number of amides is 1. The summed E-state index contributed by atoms with van der Waals surface area (Å²) in [5.41, 5.74) is 0.649. The lowest BCUT2D eigenvalue weighted by Crippen LogP contribution is -2.52. The van der Waals surface area contributed by atoms with E-state index in [0.29, 0.717) is 5.69 Å². The summed E-state index contributed by atoms with van der Waals surface area (Å²) in [7, 11) is 0. The molecule has 1 aliphatic heterocycles. The van der Waals surface area contributed by atoms with Crippen LogP contribution in [0.15, 0.2) is 16.7 Å². The molecule has 4 nitrogen and oxygen atoms in total. The van der Waals surface area contributed by atoms with Crippen molar-refractivity contribution in [2.75, 3.05) is 19.6 Å². The summed E-state index contributed by atoms with van der Waals surface area (Å²) in [6.07, 6.45) is 1.78. The third-order valence-corrected chi connectivity index (χ3v) is 3.10. The first-order valence-corrected chi connectivity index (χ1v) is 5.83. The number of H-pyrrole nitrogens is 1. The third-order valence-electron chi connectivity index (χ3n) is 2.64. The number of carbonyl (C=O) groups is 1. The first-order chi connectivity index (χ1) is 7.18. The molecule has 1 unspecified atom stereocenters. The zero-order chi connectivity index (χ0) is 10.8. The van der Waals surface area contributed by atoms with Crippen LogP contribution in [0.5, 0.6) is 0 Å². The Labute approximate surface area is 97.2 Å². The standard InChI is InChI=1S/C10H14BrN3O/c1-7-5-12-2-3-14(7)10(15)9-4-8(11)6-13-9/h4,6-7,12-13H,2-3,5H2,1H3. The lowest BCUT2D eigenvalue weighted by molar-refractivity contribution is 0.0650. The molecule has 2 heterocycles. The maximum Gasteiger partial charge on any atom is 0.270 e. The highest BCUT2D eigenvalue weighted by Crippen LogP contribution is 2.14. The van der Waals surface area contributed by atoms with Crippen LogP contribution in [0.4, 0.5) is 0 Å². The van der Waals surface area contributed by atoms with E-state index in [1.807, 2.05) is 11.0 Å². The van der Waals surface area contributed by atoms with Gasteiger partial charge in [0.1, 0.15) is 5.69 Å². The van der Waals surface area contributed by atoms with E-state index in [-0.39, 0.29) is 11.9 Å². The molecular formula is C10H14BrN3O. The summed E-state index contributed by atoms with van der Waals surface area (Å²) in [5.74, 6) is 0.0784. The number of aromatic nitrogens is 1. The lowest BCUT2D eigenvalue weighted by Gasteiger charge is -2.33. The first kappa shape index (κ1) is 10.7. The highest BCUT2D eigenvalue weighted by Gasteiger charge is 2.24. The van der Waals surface area contributed by atoms with E-state index in [1.165, 1.54) is 0 Å². The van der Waals surface area contributed by atoms with Gasteiger partial charge in [0.25, 0.3) is 5.91 Å². The maximum atomic E-state index is 12.1. The smallest absolute Gasteiger partial charge is 0.270 e. The van der Waals surface area contributed by atoms with Crippen LogP contribution in [0.25, 0.3) is 0 Å². The summed E-state index contributed by atoms with van der Waals surface area (Å²) >= 11 is 3.33. The molecule has 0 saturated carbocycles. The molecule has 0 bridgehead atoms. The van der Waals surface area contributed by atoms with Crippen molar-refractivity contribution in [3.8, 4) is 0 Å². The van der Waals surface area contributed by atoms with Gasteiger partial charge in [-0.05, 0) is 28.9 Å². The molecule has 2 N–H and O–H groups in total. The van der Waals surface area contributed by atoms with Crippen LogP contribution in [0.3, 0.4) is 0 Å². The van der Waals surface area contributed by atoms with Crippen molar-refractivity contribution in [3.63, 3.8) is 0 Å². The van der Waals surface area contributed by atoms with Crippen molar-refractivity contribution >= 4 is 21.8 Å². The summed E-state index contributed by atoms with van der Waals surface area (Å²) in [4.78, 5) is 16.9. The minimum atomic E-state index is 0.0784. The summed E-state index contributed by atoms with van der Waals surface area (Å²) in [6, 6.07) is 2.07. The van der Waals surface area contributed by atoms with Crippen molar-refractivity contribution in [2.45, 2.75) is 13.0 Å². The van der Waals surface area contributed by atoms with Crippen LogP contribution < -0.4 is 5.32 Å². The Morgan fingerprint density at radius 1 is 1.67 bits per heavy atom. The Bertz CT molecular complexity index is 363. The molecule has 0 spiro atoms. The largest absolute Gasteiger partial charge is 0.356 e. The molecule has 0 radical (unpaired) electrons. The van der Waals surface area contributed by atoms with Gasteiger partial charge in [0.2, 0.25) is 0 Å². The van der Waals surface area contributed by atoms with Crippen LogP contribution in [0.2, 0.25) is 0 Å². The van der Waals surface area contributed by atoms with Gasteiger partial charge >= 0.3 is 0 Å². The molecule has 1 aromatic rings. The SMILES string of the molecule is CC1CNCCN1C(=O)c1cc(Br)c[nH]1. The third kappa shape index (κ3) is 2.23. The minimum Gasteiger partial charge on any atom is -0.356 e. The Hall–Kier alpha value is -0.810. The monoisotopic (exact) mass is 271 g/mol. The number of hydrogen-bond donors (Lipinski definition) is 2. The number of hydrogen-bond acceptors (Lipinski definition) is 2. The van der Waals surface area contributed by atoms with E-state index in [1.54, 1.807) is 6.20 Å². The van der Waals surface area contributed by atoms with Crippen LogP contribution >= 0.6 is 15.9 Å². The number of nitrogens with zero attached hydrogens (tertiary/aromatic N) is 1. The molecular weight excluding hydrogens is 258 g/mol. The number of rotatable bonds is 1. The average Bonchev–Trinajstić information content (AvgIpc) is 2.65. The van der Waals surface area contributed by atoms with Crippen molar-refractivity contribution in [1.29, 1.82) is 0 Å². The number of halogens is 1. The number of piperazine rings is 1. The topological polar surface area (TPSA) is 48.1 Å². The molecule has 1 amide bonds. The van der Waals surface area contributed by atoms with E-state index in [9.17, 15) is 4.79 Å². The average molecular weight is 272 g/mol. The quantitative estimate of drug-likeness (QED) is 0.807. The van der Waals surface area contributed by atoms with Crippen LogP contribution in [-0.4, -0.2) is 41.5 Å². The fourth-order valence-electron chi connectivity index (χ4n) is 1.79. The second-order valence-corrected chi connectivity index (χ2v) is 4.70. The fourth-order valence-corrected chi connectivity index (χ4v) is 2.13. The molecule has 0 aromatic carbocycles. The zero-order valence-electron chi connectivity index (χ0n) is 8.59. The molecule has 15 heavy (non-hydrogen) atoms. The van der Waals surface area contributed by atoms with Gasteiger partial charge in [0, 0.05) is 36.3 Å². The predicted octanol–water partition coefficient (Wildman–Crippen LogP) is 1.21. The Kier molecular flexibility index (Phi) is 3.11. The molecule has 2 rings (SSSR count). The summed E-state index contributed by atoms with van der Waals surface area (Å²) in [5, 5.41) is 3.26. The van der Waals surface area contributed by atoms with Gasteiger partial charge in [0.05, 0.1) is 0 Å². The van der Waals surface area contributed by atoms with Gasteiger partial charge in [-0.25, -0.2) is 0 Å². The maximum absolute atomic E-state index is 12.1. The van der Waals surface area contributed by atoms with E-state index in [4.69, 9.17) is 0 Å². The highest BCUT2D eigenvalue weighted by atomic mass is 79.9. The summed E-state index contributed by atoms with van der Waals surface area (Å²) < 4.78 is 0.911. The Morgan fingerprint density at radius 3 is 3.07 bits per heavy atom. The van der Waals surface area contributed by atoms with Gasteiger partial charge in [0.15, 0.2) is 0 Å². The van der Waals surface area contributed by atoms with E-state index >= 15 is 0 Å². The molecule has 1 saturated heterocycles. The van der Waals surface area contributed by atoms with Gasteiger partial charge < -0.3 is 15.2 Å².